The quantitative estimate of drug-likeness (QED) is 0.262. The first kappa shape index (κ1) is 32.3. The number of terminal acetylenes is 1. The number of hydrogen-bond acceptors (Lipinski definition) is 10. The van der Waals surface area contributed by atoms with Crippen LogP contribution in [0.15, 0.2) is 36.9 Å². The molecule has 1 amide bonds. The number of aromatic hydroxyl groups is 1. The van der Waals surface area contributed by atoms with Gasteiger partial charge in [-0.1, -0.05) is 18.6 Å². The van der Waals surface area contributed by atoms with E-state index in [0.717, 1.165) is 56.9 Å². The number of benzene rings is 2. The number of nitrogens with one attached hydrogen (secondary N) is 1. The third kappa shape index (κ3) is 6.82. The Kier molecular flexibility index (Phi) is 9.20. The van der Waals surface area contributed by atoms with E-state index in [1.54, 1.807) is 18.2 Å². The Morgan fingerprint density at radius 2 is 2.02 bits per heavy atom. The highest BCUT2D eigenvalue weighted by molar-refractivity contribution is 5.93. The highest BCUT2D eigenvalue weighted by atomic mass is 19.1. The minimum absolute atomic E-state index is 0.0288. The number of fused-ring (bicyclic) bond motifs is 2. The zero-order chi connectivity index (χ0) is 33.3. The molecule has 2 aromatic carbocycles. The number of morpholine rings is 1. The molecule has 2 N–H and O–H groups in total. The molecule has 1 aromatic heterocycles. The van der Waals surface area contributed by atoms with E-state index in [0.29, 0.717) is 61.5 Å². The lowest BCUT2D eigenvalue weighted by atomic mass is 9.91. The van der Waals surface area contributed by atoms with E-state index in [4.69, 9.17) is 35.3 Å². The van der Waals surface area contributed by atoms with Gasteiger partial charge in [-0.15, -0.1) is 6.42 Å². The molecule has 0 bridgehead atoms. The second-order valence-corrected chi connectivity index (χ2v) is 13.1. The number of anilines is 1. The van der Waals surface area contributed by atoms with Gasteiger partial charge >= 0.3 is 6.01 Å². The second-order valence-electron chi connectivity index (χ2n) is 13.1. The number of phenols is 1. The van der Waals surface area contributed by atoms with Crippen molar-refractivity contribution in [3.8, 4) is 24.1 Å². The third-order valence-corrected chi connectivity index (χ3v) is 9.66. The lowest BCUT2D eigenvalue weighted by Gasteiger charge is -2.32. The first-order valence-corrected chi connectivity index (χ1v) is 16.5. The predicted octanol–water partition coefficient (Wildman–Crippen LogP) is 3.27. The summed E-state index contributed by atoms with van der Waals surface area (Å²) in [5, 5.41) is 14.7. The Bertz CT molecular complexity index is 1750. The lowest BCUT2D eigenvalue weighted by Crippen LogP contribution is -2.45. The molecule has 12 heteroatoms. The lowest BCUT2D eigenvalue weighted by molar-refractivity contribution is -0.117. The van der Waals surface area contributed by atoms with Gasteiger partial charge in [0.25, 0.3) is 0 Å². The molecule has 0 spiro atoms. The van der Waals surface area contributed by atoms with E-state index in [-0.39, 0.29) is 41.3 Å². The van der Waals surface area contributed by atoms with Crippen molar-refractivity contribution in [2.75, 3.05) is 70.7 Å². The van der Waals surface area contributed by atoms with E-state index >= 15 is 0 Å². The summed E-state index contributed by atoms with van der Waals surface area (Å²) in [6.07, 6.45) is 8.90. The van der Waals surface area contributed by atoms with Crippen LogP contribution in [0.4, 0.5) is 10.2 Å². The Balaban J connectivity index is 1.22. The number of ether oxygens (including phenoxy) is 4. The second kappa shape index (κ2) is 13.7. The van der Waals surface area contributed by atoms with Crippen molar-refractivity contribution in [3.63, 3.8) is 0 Å². The van der Waals surface area contributed by atoms with Gasteiger partial charge in [0, 0.05) is 55.5 Å². The first-order valence-electron chi connectivity index (χ1n) is 16.5. The monoisotopic (exact) mass is 657 g/mol. The minimum atomic E-state index is -0.570. The van der Waals surface area contributed by atoms with Crippen LogP contribution < -0.4 is 15.0 Å². The van der Waals surface area contributed by atoms with E-state index in [9.17, 15) is 14.3 Å². The summed E-state index contributed by atoms with van der Waals surface area (Å²) in [6.45, 7) is 10.3. The van der Waals surface area contributed by atoms with Gasteiger partial charge in [-0.25, -0.2) is 4.39 Å². The molecular formula is C36H40FN5O6. The van der Waals surface area contributed by atoms with Gasteiger partial charge in [0.05, 0.1) is 63.0 Å². The molecular weight excluding hydrogens is 617 g/mol. The van der Waals surface area contributed by atoms with Gasteiger partial charge < -0.3 is 34.3 Å². The molecule has 0 radical (unpaired) electrons. The predicted molar refractivity (Wildman–Crippen MR) is 176 cm³/mol. The molecule has 252 valence electrons. The summed E-state index contributed by atoms with van der Waals surface area (Å²) < 4.78 is 39.1. The zero-order valence-corrected chi connectivity index (χ0v) is 26.9. The Morgan fingerprint density at radius 3 is 2.79 bits per heavy atom. The van der Waals surface area contributed by atoms with Gasteiger partial charge in [-0.3, -0.25) is 9.69 Å². The van der Waals surface area contributed by atoms with Crippen molar-refractivity contribution in [2.45, 2.75) is 38.0 Å². The van der Waals surface area contributed by atoms with Crippen molar-refractivity contribution in [1.29, 1.82) is 0 Å². The number of halogens is 1. The SMILES string of the molecule is C#Cc1c(F)ccc2cc(O)cc(C3Cc4nc(OCC5(CN6CCOCC6)CC5)nc(N5CCOC[C@@H](NC(=O)C=C)C5)c4CO3)c12. The average Bonchev–Trinajstić information content (AvgIpc) is 3.90. The van der Waals surface area contributed by atoms with Crippen molar-refractivity contribution in [3.05, 3.63) is 65.1 Å². The van der Waals surface area contributed by atoms with Gasteiger partial charge in [0.1, 0.15) is 17.4 Å². The standard InChI is InChI=1S/C36H40FN5O6/c1-3-26-29(37)6-5-23-15-25(43)16-27(33(23)26)31-17-30-28(20-47-31)34(42-11-14-46-19-24(18-42)38-32(44)4-2)40-35(39-30)48-22-36(7-8-36)21-41-9-12-45-13-10-41/h1,4-6,15-16,24,31,43H,2,7-14,17-22H2,(H,38,44)/t24-,31?/m0/s1. The molecule has 4 aliphatic rings. The van der Waals surface area contributed by atoms with Crippen LogP contribution in [0.3, 0.4) is 0 Å². The van der Waals surface area contributed by atoms with Crippen LogP contribution >= 0.6 is 0 Å². The highest BCUT2D eigenvalue weighted by Gasteiger charge is 2.45. The van der Waals surface area contributed by atoms with Crippen LogP contribution in [0.2, 0.25) is 0 Å². The molecule has 3 fully saturated rings. The smallest absolute Gasteiger partial charge is 0.318 e. The molecule has 48 heavy (non-hydrogen) atoms. The van der Waals surface area contributed by atoms with Gasteiger partial charge in [0.15, 0.2) is 0 Å². The Hall–Kier alpha value is -4.28. The highest BCUT2D eigenvalue weighted by Crippen LogP contribution is 2.47. The molecule has 7 rings (SSSR count). The maximum atomic E-state index is 14.9. The van der Waals surface area contributed by atoms with Crippen LogP contribution in [-0.2, 0) is 32.0 Å². The molecule has 4 heterocycles. The maximum Gasteiger partial charge on any atom is 0.318 e. The molecule has 2 saturated heterocycles. The number of rotatable bonds is 9. The maximum absolute atomic E-state index is 14.9. The fourth-order valence-electron chi connectivity index (χ4n) is 6.93. The number of hydrogen-bond donors (Lipinski definition) is 2. The number of phenolic OH excluding ortho intramolecular Hbond substituents is 1. The third-order valence-electron chi connectivity index (χ3n) is 9.66. The number of nitrogens with zero attached hydrogens (tertiary/aromatic N) is 4. The average molecular weight is 658 g/mol. The summed E-state index contributed by atoms with van der Waals surface area (Å²) in [4.78, 5) is 26.5. The van der Waals surface area contributed by atoms with E-state index < -0.39 is 11.9 Å². The van der Waals surface area contributed by atoms with Crippen molar-refractivity contribution in [2.24, 2.45) is 5.41 Å². The topological polar surface area (TPSA) is 119 Å². The fraction of sp³-hybridized carbons (Fsp3) is 0.472. The van der Waals surface area contributed by atoms with Crippen LogP contribution in [-0.4, -0.2) is 97.7 Å². The van der Waals surface area contributed by atoms with E-state index in [1.807, 2.05) is 0 Å². The number of carbonyl (C=O) groups is 1. The summed E-state index contributed by atoms with van der Waals surface area (Å²) in [5.74, 6) is 2.39. The number of carbonyl (C=O) groups excluding carboxylic acids is 1. The molecule has 11 nitrogen and oxygen atoms in total. The van der Waals surface area contributed by atoms with Crippen LogP contribution in [0.5, 0.6) is 11.8 Å². The normalized spacial score (nSPS) is 22.3. The van der Waals surface area contributed by atoms with Gasteiger partial charge in [0.2, 0.25) is 5.91 Å². The Labute approximate surface area is 279 Å². The fourth-order valence-corrected chi connectivity index (χ4v) is 6.93. The van der Waals surface area contributed by atoms with Gasteiger partial charge in [-0.05, 0) is 48.1 Å². The van der Waals surface area contributed by atoms with Crippen molar-refractivity contribution >= 4 is 22.5 Å². The molecule has 1 unspecified atom stereocenters. The first-order chi connectivity index (χ1) is 23.3. The minimum Gasteiger partial charge on any atom is -0.508 e. The Morgan fingerprint density at radius 1 is 1.21 bits per heavy atom. The molecule has 1 aliphatic carbocycles. The summed E-state index contributed by atoms with van der Waals surface area (Å²) >= 11 is 0. The van der Waals surface area contributed by atoms with E-state index in [2.05, 4.69) is 27.6 Å². The molecule has 2 atom stereocenters. The molecule has 3 aliphatic heterocycles. The van der Waals surface area contributed by atoms with E-state index in [1.165, 1.54) is 12.1 Å². The number of amides is 1. The summed E-state index contributed by atoms with van der Waals surface area (Å²) in [7, 11) is 0. The van der Waals surface area contributed by atoms with Crippen LogP contribution in [0.25, 0.3) is 10.8 Å². The van der Waals surface area contributed by atoms with Crippen molar-refractivity contribution in [1.82, 2.24) is 20.2 Å². The summed E-state index contributed by atoms with van der Waals surface area (Å²) in [5.41, 5.74) is 2.29. The van der Waals surface area contributed by atoms with Crippen LogP contribution in [0.1, 0.15) is 41.3 Å². The van der Waals surface area contributed by atoms with Gasteiger partial charge in [-0.2, -0.15) is 9.97 Å². The molecule has 3 aromatic rings. The zero-order valence-electron chi connectivity index (χ0n) is 26.9. The van der Waals surface area contributed by atoms with Crippen LogP contribution in [0, 0.1) is 23.6 Å². The molecule has 1 saturated carbocycles. The number of aromatic nitrogens is 2. The van der Waals surface area contributed by atoms with Crippen molar-refractivity contribution < 1.29 is 33.2 Å². The largest absolute Gasteiger partial charge is 0.508 e. The summed E-state index contributed by atoms with van der Waals surface area (Å²) in [6, 6.07) is 6.04.